The standard InChI is InChI=1S/C11H11FN4/c1-8(9-2-4-13-5-3-9)16-11-14-6-10(12)7-15-11/h2-8H,1H3,(H,14,15,16). The van der Waals surface area contributed by atoms with E-state index in [1.54, 1.807) is 12.4 Å². The maximum atomic E-state index is 12.6. The molecule has 0 aromatic carbocycles. The Hall–Kier alpha value is -2.04. The summed E-state index contributed by atoms with van der Waals surface area (Å²) in [7, 11) is 0. The van der Waals surface area contributed by atoms with Crippen LogP contribution in [0.15, 0.2) is 36.9 Å². The van der Waals surface area contributed by atoms with Gasteiger partial charge in [-0.15, -0.1) is 0 Å². The SMILES string of the molecule is CC(Nc1ncc(F)cn1)c1ccncc1. The molecule has 0 amide bonds. The number of hydrogen-bond donors (Lipinski definition) is 1. The smallest absolute Gasteiger partial charge is 0.223 e. The molecule has 4 nitrogen and oxygen atoms in total. The number of nitrogens with zero attached hydrogens (tertiary/aromatic N) is 3. The molecule has 0 aliphatic rings. The number of aromatic nitrogens is 3. The van der Waals surface area contributed by atoms with Crippen molar-refractivity contribution >= 4 is 5.95 Å². The summed E-state index contributed by atoms with van der Waals surface area (Å²) >= 11 is 0. The Balaban J connectivity index is 2.08. The predicted octanol–water partition coefficient (Wildman–Crippen LogP) is 2.18. The maximum Gasteiger partial charge on any atom is 0.223 e. The van der Waals surface area contributed by atoms with Gasteiger partial charge in [0.25, 0.3) is 0 Å². The van der Waals surface area contributed by atoms with Crippen molar-refractivity contribution in [3.05, 3.63) is 48.3 Å². The van der Waals surface area contributed by atoms with E-state index in [0.717, 1.165) is 18.0 Å². The fourth-order valence-electron chi connectivity index (χ4n) is 1.32. The number of rotatable bonds is 3. The van der Waals surface area contributed by atoms with Crippen LogP contribution in [0, 0.1) is 5.82 Å². The van der Waals surface area contributed by atoms with Crippen LogP contribution in [0.5, 0.6) is 0 Å². The molecule has 16 heavy (non-hydrogen) atoms. The van der Waals surface area contributed by atoms with E-state index in [0.29, 0.717) is 5.95 Å². The maximum absolute atomic E-state index is 12.6. The average molecular weight is 218 g/mol. The van der Waals surface area contributed by atoms with Gasteiger partial charge in [0.05, 0.1) is 18.4 Å². The molecule has 2 rings (SSSR count). The zero-order valence-electron chi connectivity index (χ0n) is 8.76. The molecule has 2 heterocycles. The monoisotopic (exact) mass is 218 g/mol. The first-order chi connectivity index (χ1) is 7.75. The van der Waals surface area contributed by atoms with Gasteiger partial charge >= 0.3 is 0 Å². The predicted molar refractivity (Wildman–Crippen MR) is 58.3 cm³/mol. The Bertz CT molecular complexity index is 443. The van der Waals surface area contributed by atoms with E-state index in [-0.39, 0.29) is 6.04 Å². The zero-order chi connectivity index (χ0) is 11.4. The molecule has 0 bridgehead atoms. The normalized spacial score (nSPS) is 12.1. The first-order valence-electron chi connectivity index (χ1n) is 4.90. The second kappa shape index (κ2) is 4.65. The minimum absolute atomic E-state index is 0.0495. The van der Waals surface area contributed by atoms with E-state index in [4.69, 9.17) is 0 Å². The lowest BCUT2D eigenvalue weighted by molar-refractivity contribution is 0.613. The largest absolute Gasteiger partial charge is 0.348 e. The quantitative estimate of drug-likeness (QED) is 0.857. The molecular weight excluding hydrogens is 207 g/mol. The highest BCUT2D eigenvalue weighted by molar-refractivity contribution is 5.29. The molecule has 0 spiro atoms. The fraction of sp³-hybridized carbons (Fsp3) is 0.182. The van der Waals surface area contributed by atoms with Gasteiger partial charge in [0.15, 0.2) is 5.82 Å². The summed E-state index contributed by atoms with van der Waals surface area (Å²) in [6.07, 6.45) is 5.71. The van der Waals surface area contributed by atoms with Crippen molar-refractivity contribution in [3.63, 3.8) is 0 Å². The zero-order valence-corrected chi connectivity index (χ0v) is 8.76. The molecule has 5 heteroatoms. The van der Waals surface area contributed by atoms with Gasteiger partial charge in [-0.2, -0.15) is 0 Å². The van der Waals surface area contributed by atoms with Crippen LogP contribution >= 0.6 is 0 Å². The highest BCUT2D eigenvalue weighted by Crippen LogP contribution is 2.14. The Kier molecular flexibility index (Phi) is 3.05. The van der Waals surface area contributed by atoms with E-state index in [9.17, 15) is 4.39 Å². The lowest BCUT2D eigenvalue weighted by Crippen LogP contribution is -2.09. The lowest BCUT2D eigenvalue weighted by Gasteiger charge is -2.13. The highest BCUT2D eigenvalue weighted by atomic mass is 19.1. The van der Waals surface area contributed by atoms with Crippen LogP contribution in [-0.4, -0.2) is 15.0 Å². The van der Waals surface area contributed by atoms with Crippen LogP contribution in [0.25, 0.3) is 0 Å². The number of halogens is 1. The van der Waals surface area contributed by atoms with E-state index < -0.39 is 5.82 Å². The third kappa shape index (κ3) is 2.50. The topological polar surface area (TPSA) is 50.7 Å². The Morgan fingerprint density at radius 1 is 1.19 bits per heavy atom. The van der Waals surface area contributed by atoms with Gasteiger partial charge in [-0.05, 0) is 24.6 Å². The van der Waals surface area contributed by atoms with Crippen molar-refractivity contribution in [2.75, 3.05) is 5.32 Å². The van der Waals surface area contributed by atoms with E-state index >= 15 is 0 Å². The van der Waals surface area contributed by atoms with Crippen molar-refractivity contribution < 1.29 is 4.39 Å². The second-order valence-electron chi connectivity index (χ2n) is 3.37. The summed E-state index contributed by atoms with van der Waals surface area (Å²) in [4.78, 5) is 11.6. The fourth-order valence-corrected chi connectivity index (χ4v) is 1.32. The highest BCUT2D eigenvalue weighted by Gasteiger charge is 2.06. The van der Waals surface area contributed by atoms with Crippen LogP contribution in [0.1, 0.15) is 18.5 Å². The second-order valence-corrected chi connectivity index (χ2v) is 3.37. The van der Waals surface area contributed by atoms with Gasteiger partial charge < -0.3 is 5.32 Å². The summed E-state index contributed by atoms with van der Waals surface area (Å²) in [6.45, 7) is 1.97. The third-order valence-corrected chi connectivity index (χ3v) is 2.17. The number of nitrogens with one attached hydrogen (secondary N) is 1. The summed E-state index contributed by atoms with van der Waals surface area (Å²) < 4.78 is 12.6. The molecule has 0 fully saturated rings. The molecule has 0 saturated carbocycles. The van der Waals surface area contributed by atoms with Crippen LogP contribution in [0.4, 0.5) is 10.3 Å². The number of anilines is 1. The molecule has 0 aliphatic heterocycles. The molecule has 0 aliphatic carbocycles. The summed E-state index contributed by atoms with van der Waals surface area (Å²) in [5, 5.41) is 3.07. The molecule has 2 aromatic rings. The van der Waals surface area contributed by atoms with E-state index in [2.05, 4.69) is 20.3 Å². The summed E-state index contributed by atoms with van der Waals surface area (Å²) in [5.41, 5.74) is 1.07. The Morgan fingerprint density at radius 3 is 2.44 bits per heavy atom. The summed E-state index contributed by atoms with van der Waals surface area (Å²) in [5.74, 6) is -0.0344. The molecule has 82 valence electrons. The van der Waals surface area contributed by atoms with Crippen molar-refractivity contribution in [1.82, 2.24) is 15.0 Å². The minimum atomic E-state index is -0.442. The average Bonchev–Trinajstić information content (AvgIpc) is 2.33. The van der Waals surface area contributed by atoms with Crippen molar-refractivity contribution in [2.24, 2.45) is 0 Å². The van der Waals surface area contributed by atoms with Crippen LogP contribution in [0.2, 0.25) is 0 Å². The molecule has 0 radical (unpaired) electrons. The van der Waals surface area contributed by atoms with Crippen LogP contribution in [0.3, 0.4) is 0 Å². The van der Waals surface area contributed by atoms with E-state index in [1.807, 2.05) is 19.1 Å². The molecule has 2 aromatic heterocycles. The van der Waals surface area contributed by atoms with E-state index in [1.165, 1.54) is 0 Å². The van der Waals surface area contributed by atoms with Gasteiger partial charge in [-0.25, -0.2) is 14.4 Å². The van der Waals surface area contributed by atoms with Gasteiger partial charge in [0.2, 0.25) is 5.95 Å². The minimum Gasteiger partial charge on any atom is -0.348 e. The first kappa shape index (κ1) is 10.5. The van der Waals surface area contributed by atoms with Crippen molar-refractivity contribution in [1.29, 1.82) is 0 Å². The molecular formula is C11H11FN4. The first-order valence-corrected chi connectivity index (χ1v) is 4.90. The van der Waals surface area contributed by atoms with Crippen molar-refractivity contribution in [3.8, 4) is 0 Å². The van der Waals surface area contributed by atoms with Gasteiger partial charge in [-0.3, -0.25) is 4.98 Å². The van der Waals surface area contributed by atoms with Gasteiger partial charge in [-0.1, -0.05) is 0 Å². The molecule has 1 N–H and O–H groups in total. The van der Waals surface area contributed by atoms with Gasteiger partial charge in [0, 0.05) is 12.4 Å². The third-order valence-electron chi connectivity index (χ3n) is 2.17. The molecule has 1 unspecified atom stereocenters. The number of hydrogen-bond acceptors (Lipinski definition) is 4. The Morgan fingerprint density at radius 2 is 1.81 bits per heavy atom. The van der Waals surface area contributed by atoms with Crippen molar-refractivity contribution in [2.45, 2.75) is 13.0 Å². The van der Waals surface area contributed by atoms with Crippen LogP contribution < -0.4 is 5.32 Å². The molecule has 0 saturated heterocycles. The number of pyridine rings is 1. The molecule has 1 atom stereocenters. The summed E-state index contributed by atoms with van der Waals surface area (Å²) in [6, 6.07) is 3.86. The van der Waals surface area contributed by atoms with Crippen LogP contribution in [-0.2, 0) is 0 Å². The Labute approximate surface area is 92.6 Å². The van der Waals surface area contributed by atoms with Gasteiger partial charge in [0.1, 0.15) is 0 Å². The lowest BCUT2D eigenvalue weighted by atomic mass is 10.1.